The van der Waals surface area contributed by atoms with Gasteiger partial charge in [-0.1, -0.05) is 24.3 Å². The Morgan fingerprint density at radius 3 is 1.40 bits per heavy atom. The largest absolute Gasteiger partial charge is 0.114 e. The minimum Gasteiger partial charge on any atom is -0.114 e. The second-order valence-electron chi connectivity index (χ2n) is 1.75. The summed E-state index contributed by atoms with van der Waals surface area (Å²) in [5.41, 5.74) is 0. The van der Waals surface area contributed by atoms with Crippen LogP contribution in [0.25, 0.3) is 0 Å². The molecule has 0 bridgehead atoms. The maximum atomic E-state index is 5.67. The third kappa shape index (κ3) is 4.66. The molecular formula is C8H10Cl2. The summed E-state index contributed by atoms with van der Waals surface area (Å²) < 4.78 is 0. The van der Waals surface area contributed by atoms with E-state index < -0.39 is 0 Å². The fourth-order valence-electron chi connectivity index (χ4n) is 0.369. The van der Waals surface area contributed by atoms with Crippen LogP contribution in [0.3, 0.4) is 0 Å². The van der Waals surface area contributed by atoms with E-state index in [2.05, 4.69) is 13.2 Å². The third-order valence-corrected chi connectivity index (χ3v) is 1.58. The van der Waals surface area contributed by atoms with Crippen LogP contribution in [0.1, 0.15) is 0 Å². The SMILES string of the molecule is C=CC(Cl)C=CC(Cl)C=C. The highest BCUT2D eigenvalue weighted by Gasteiger charge is 1.92. The predicted molar refractivity (Wildman–Crippen MR) is 48.8 cm³/mol. The van der Waals surface area contributed by atoms with Gasteiger partial charge in [-0.2, -0.15) is 0 Å². The highest BCUT2D eigenvalue weighted by molar-refractivity contribution is 6.24. The molecule has 0 radical (unpaired) electrons. The summed E-state index contributed by atoms with van der Waals surface area (Å²) >= 11 is 11.3. The van der Waals surface area contributed by atoms with Gasteiger partial charge in [-0.25, -0.2) is 0 Å². The van der Waals surface area contributed by atoms with E-state index in [1.807, 2.05) is 0 Å². The molecule has 2 atom stereocenters. The van der Waals surface area contributed by atoms with Crippen LogP contribution >= 0.6 is 23.2 Å². The fourth-order valence-corrected chi connectivity index (χ4v) is 0.537. The first-order chi connectivity index (χ1) is 4.70. The highest BCUT2D eigenvalue weighted by atomic mass is 35.5. The second-order valence-corrected chi connectivity index (χ2v) is 2.75. The number of hydrogen-bond donors (Lipinski definition) is 0. The summed E-state index contributed by atoms with van der Waals surface area (Å²) in [6.45, 7) is 7.02. The van der Waals surface area contributed by atoms with E-state index in [0.717, 1.165) is 0 Å². The summed E-state index contributed by atoms with van der Waals surface area (Å²) in [4.78, 5) is 0. The van der Waals surface area contributed by atoms with E-state index in [-0.39, 0.29) is 10.8 Å². The van der Waals surface area contributed by atoms with Crippen LogP contribution in [0.15, 0.2) is 37.5 Å². The molecule has 0 amide bonds. The van der Waals surface area contributed by atoms with Gasteiger partial charge < -0.3 is 0 Å². The molecule has 0 rings (SSSR count). The number of alkyl halides is 2. The van der Waals surface area contributed by atoms with Gasteiger partial charge in [0.1, 0.15) is 0 Å². The third-order valence-electron chi connectivity index (χ3n) is 0.929. The molecule has 0 aliphatic carbocycles. The quantitative estimate of drug-likeness (QED) is 0.457. The van der Waals surface area contributed by atoms with Gasteiger partial charge in [0.2, 0.25) is 0 Å². The topological polar surface area (TPSA) is 0 Å². The molecule has 0 aromatic rings. The van der Waals surface area contributed by atoms with Crippen molar-refractivity contribution in [3.8, 4) is 0 Å². The number of rotatable bonds is 4. The normalized spacial score (nSPS) is 16.6. The molecule has 0 aliphatic heterocycles. The van der Waals surface area contributed by atoms with E-state index in [9.17, 15) is 0 Å². The van der Waals surface area contributed by atoms with E-state index in [1.54, 1.807) is 24.3 Å². The van der Waals surface area contributed by atoms with Crippen LogP contribution in [0.4, 0.5) is 0 Å². The number of allylic oxidation sites excluding steroid dienone is 4. The molecular weight excluding hydrogens is 167 g/mol. The van der Waals surface area contributed by atoms with Crippen molar-refractivity contribution in [1.29, 1.82) is 0 Å². The van der Waals surface area contributed by atoms with E-state index in [4.69, 9.17) is 23.2 Å². The van der Waals surface area contributed by atoms with Crippen molar-refractivity contribution in [2.75, 3.05) is 0 Å². The maximum Gasteiger partial charge on any atom is 0.0694 e. The Labute approximate surface area is 71.8 Å². The van der Waals surface area contributed by atoms with Gasteiger partial charge in [0, 0.05) is 0 Å². The van der Waals surface area contributed by atoms with Gasteiger partial charge in [-0.3, -0.25) is 0 Å². The summed E-state index contributed by atoms with van der Waals surface area (Å²) in [5.74, 6) is 0. The molecule has 0 nitrogen and oxygen atoms in total. The monoisotopic (exact) mass is 176 g/mol. The summed E-state index contributed by atoms with van der Waals surface area (Å²) in [6.07, 6.45) is 6.80. The molecule has 0 saturated heterocycles. The zero-order chi connectivity index (χ0) is 7.98. The average molecular weight is 177 g/mol. The van der Waals surface area contributed by atoms with Gasteiger partial charge >= 0.3 is 0 Å². The van der Waals surface area contributed by atoms with Crippen LogP contribution < -0.4 is 0 Å². The first-order valence-electron chi connectivity index (χ1n) is 2.92. The zero-order valence-corrected chi connectivity index (χ0v) is 7.15. The minimum atomic E-state index is -0.138. The lowest BCUT2D eigenvalue weighted by molar-refractivity contribution is 1.33. The van der Waals surface area contributed by atoms with E-state index >= 15 is 0 Å². The van der Waals surface area contributed by atoms with E-state index in [1.165, 1.54) is 0 Å². The standard InChI is InChI=1S/C8H10Cl2/c1-3-7(9)5-6-8(10)4-2/h3-8H,1-2H2. The van der Waals surface area contributed by atoms with Crippen molar-refractivity contribution >= 4 is 23.2 Å². The van der Waals surface area contributed by atoms with Crippen LogP contribution in [-0.4, -0.2) is 10.8 Å². The first kappa shape index (κ1) is 9.80. The Hall–Kier alpha value is -0.200. The number of halogens is 2. The lowest BCUT2D eigenvalue weighted by Crippen LogP contribution is -1.89. The fraction of sp³-hybridized carbons (Fsp3) is 0.250. The van der Waals surface area contributed by atoms with E-state index in [0.29, 0.717) is 0 Å². The van der Waals surface area contributed by atoms with Crippen molar-refractivity contribution in [3.05, 3.63) is 37.5 Å². The van der Waals surface area contributed by atoms with Gasteiger partial charge in [-0.05, 0) is 0 Å². The number of hydrogen-bond acceptors (Lipinski definition) is 0. The second kappa shape index (κ2) is 5.57. The molecule has 0 saturated carbocycles. The van der Waals surface area contributed by atoms with Gasteiger partial charge in [0.05, 0.1) is 10.8 Å². The molecule has 2 heteroatoms. The van der Waals surface area contributed by atoms with Crippen molar-refractivity contribution < 1.29 is 0 Å². The molecule has 0 fully saturated rings. The maximum absolute atomic E-state index is 5.67. The summed E-state index contributed by atoms with van der Waals surface area (Å²) in [6, 6.07) is 0. The molecule has 0 aromatic heterocycles. The summed E-state index contributed by atoms with van der Waals surface area (Å²) in [5, 5.41) is -0.276. The Kier molecular flexibility index (Phi) is 5.46. The van der Waals surface area contributed by atoms with Gasteiger partial charge in [-0.15, -0.1) is 36.4 Å². The van der Waals surface area contributed by atoms with Crippen LogP contribution in [0, 0.1) is 0 Å². The molecule has 2 unspecified atom stereocenters. The van der Waals surface area contributed by atoms with Crippen LogP contribution in [-0.2, 0) is 0 Å². The molecule has 0 heterocycles. The predicted octanol–water partition coefficient (Wildman–Crippen LogP) is 3.13. The van der Waals surface area contributed by atoms with Crippen LogP contribution in [0.2, 0.25) is 0 Å². The molecule has 0 N–H and O–H groups in total. The average Bonchev–Trinajstić information content (AvgIpc) is 1.99. The van der Waals surface area contributed by atoms with Crippen molar-refractivity contribution in [2.24, 2.45) is 0 Å². The van der Waals surface area contributed by atoms with Gasteiger partial charge in [0.15, 0.2) is 0 Å². The molecule has 56 valence electrons. The highest BCUT2D eigenvalue weighted by Crippen LogP contribution is 2.03. The Bertz CT molecular complexity index is 122. The lowest BCUT2D eigenvalue weighted by Gasteiger charge is -1.95. The molecule has 0 spiro atoms. The lowest BCUT2D eigenvalue weighted by atomic mass is 10.3. The van der Waals surface area contributed by atoms with Crippen LogP contribution in [0.5, 0.6) is 0 Å². The van der Waals surface area contributed by atoms with Gasteiger partial charge in [0.25, 0.3) is 0 Å². The smallest absolute Gasteiger partial charge is 0.0694 e. The zero-order valence-electron chi connectivity index (χ0n) is 5.63. The minimum absolute atomic E-state index is 0.138. The Morgan fingerprint density at radius 2 is 1.20 bits per heavy atom. The molecule has 10 heavy (non-hydrogen) atoms. The van der Waals surface area contributed by atoms with Crippen molar-refractivity contribution in [2.45, 2.75) is 10.8 Å². The summed E-state index contributed by atoms with van der Waals surface area (Å²) in [7, 11) is 0. The Balaban J connectivity index is 3.73. The Morgan fingerprint density at radius 1 is 0.900 bits per heavy atom. The van der Waals surface area contributed by atoms with Crippen molar-refractivity contribution in [3.63, 3.8) is 0 Å². The first-order valence-corrected chi connectivity index (χ1v) is 3.79. The van der Waals surface area contributed by atoms with Crippen molar-refractivity contribution in [1.82, 2.24) is 0 Å². The molecule has 0 aliphatic rings. The molecule has 0 aromatic carbocycles.